The van der Waals surface area contributed by atoms with Crippen LogP contribution in [0.4, 0.5) is 17.6 Å². The smallest absolute Gasteiger partial charge is 0.202 e. The average Bonchev–Trinajstić information content (AvgIpc) is 3.11. The van der Waals surface area contributed by atoms with Crippen molar-refractivity contribution in [3.8, 4) is 0 Å². The van der Waals surface area contributed by atoms with Gasteiger partial charge in [-0.15, -0.1) is 0 Å². The van der Waals surface area contributed by atoms with Crippen LogP contribution in [0.25, 0.3) is 0 Å². The van der Waals surface area contributed by atoms with Crippen molar-refractivity contribution >= 4 is 0 Å². The molecule has 0 radical (unpaired) electrons. The molecule has 1 fully saturated rings. The van der Waals surface area contributed by atoms with Gasteiger partial charge in [0.15, 0.2) is 0 Å². The van der Waals surface area contributed by atoms with Crippen LogP contribution in [0.5, 0.6) is 0 Å². The second kappa shape index (κ2) is 4.50. The van der Waals surface area contributed by atoms with Crippen LogP contribution in [0.1, 0.15) is 56.2 Å². The second-order valence-electron chi connectivity index (χ2n) is 5.78. The third-order valence-electron chi connectivity index (χ3n) is 3.60. The zero-order chi connectivity index (χ0) is 14.4. The van der Waals surface area contributed by atoms with Gasteiger partial charge in [-0.3, -0.25) is 0 Å². The standard InChI is InChI=1S/C15H18F4/c1-9(2)10-6-12(14(3,16)17)8-13(7-10)15(18,19)11-4-5-11/h6-9,11H,4-5H2,1-3H3. The Balaban J connectivity index is 2.51. The molecule has 0 N–H and O–H groups in total. The Morgan fingerprint density at radius 3 is 1.95 bits per heavy atom. The fourth-order valence-electron chi connectivity index (χ4n) is 2.11. The molecule has 106 valence electrons. The number of hydrogen-bond acceptors (Lipinski definition) is 0. The zero-order valence-electron chi connectivity index (χ0n) is 11.3. The first-order chi connectivity index (χ1) is 8.62. The summed E-state index contributed by atoms with van der Waals surface area (Å²) in [5.41, 5.74) is -0.0545. The SMILES string of the molecule is CC(C)c1cc(C(C)(F)F)cc(C(F)(F)C2CC2)c1. The summed E-state index contributed by atoms with van der Waals surface area (Å²) in [6.07, 6.45) is 0.938. The maximum atomic E-state index is 14.1. The summed E-state index contributed by atoms with van der Waals surface area (Å²) in [6.45, 7) is 4.36. The Labute approximate surface area is 110 Å². The van der Waals surface area contributed by atoms with Gasteiger partial charge in [0.1, 0.15) is 0 Å². The van der Waals surface area contributed by atoms with Gasteiger partial charge in [-0.05, 0) is 42.5 Å². The van der Waals surface area contributed by atoms with E-state index in [2.05, 4.69) is 0 Å². The van der Waals surface area contributed by atoms with Crippen molar-refractivity contribution in [1.82, 2.24) is 0 Å². The van der Waals surface area contributed by atoms with Crippen molar-refractivity contribution in [2.24, 2.45) is 5.92 Å². The molecule has 2 rings (SSSR count). The maximum absolute atomic E-state index is 14.1. The average molecular weight is 274 g/mol. The monoisotopic (exact) mass is 274 g/mol. The molecule has 0 spiro atoms. The number of rotatable bonds is 4. The van der Waals surface area contributed by atoms with Gasteiger partial charge < -0.3 is 0 Å². The highest BCUT2D eigenvalue weighted by molar-refractivity contribution is 5.37. The summed E-state index contributed by atoms with van der Waals surface area (Å²) in [5.74, 6) is -6.84. The first-order valence-corrected chi connectivity index (χ1v) is 6.54. The van der Waals surface area contributed by atoms with Crippen LogP contribution in [0, 0.1) is 5.92 Å². The minimum Gasteiger partial charge on any atom is -0.202 e. The van der Waals surface area contributed by atoms with Crippen LogP contribution < -0.4 is 0 Å². The fourth-order valence-corrected chi connectivity index (χ4v) is 2.11. The predicted octanol–water partition coefficient (Wildman–Crippen LogP) is 5.42. The van der Waals surface area contributed by atoms with Gasteiger partial charge in [-0.2, -0.15) is 0 Å². The number of halogens is 4. The molecule has 0 atom stereocenters. The van der Waals surface area contributed by atoms with Gasteiger partial charge in [0.2, 0.25) is 0 Å². The van der Waals surface area contributed by atoms with E-state index in [0.29, 0.717) is 18.4 Å². The van der Waals surface area contributed by atoms with E-state index in [0.717, 1.165) is 13.0 Å². The van der Waals surface area contributed by atoms with Crippen molar-refractivity contribution < 1.29 is 17.6 Å². The lowest BCUT2D eigenvalue weighted by Gasteiger charge is -2.21. The molecule has 1 aliphatic carbocycles. The largest absolute Gasteiger partial charge is 0.276 e. The summed E-state index contributed by atoms with van der Waals surface area (Å²) in [6, 6.07) is 3.67. The Morgan fingerprint density at radius 1 is 1.00 bits per heavy atom. The molecule has 4 heteroatoms. The number of alkyl halides is 4. The van der Waals surface area contributed by atoms with Gasteiger partial charge in [-0.25, -0.2) is 17.6 Å². The molecular formula is C15H18F4. The molecular weight excluding hydrogens is 256 g/mol. The molecule has 0 nitrogen and oxygen atoms in total. The van der Waals surface area contributed by atoms with Crippen molar-refractivity contribution in [2.75, 3.05) is 0 Å². The quantitative estimate of drug-likeness (QED) is 0.643. The molecule has 1 saturated carbocycles. The van der Waals surface area contributed by atoms with Gasteiger partial charge in [0.05, 0.1) is 0 Å². The molecule has 0 unspecified atom stereocenters. The Morgan fingerprint density at radius 2 is 1.53 bits per heavy atom. The van der Waals surface area contributed by atoms with Crippen molar-refractivity contribution in [2.45, 2.75) is 51.4 Å². The summed E-state index contributed by atoms with van der Waals surface area (Å²) in [4.78, 5) is 0. The van der Waals surface area contributed by atoms with Crippen molar-refractivity contribution in [3.63, 3.8) is 0 Å². The Kier molecular flexibility index (Phi) is 3.40. The maximum Gasteiger partial charge on any atom is 0.276 e. The molecule has 0 aliphatic heterocycles. The first-order valence-electron chi connectivity index (χ1n) is 6.54. The molecule has 0 bridgehead atoms. The van der Waals surface area contributed by atoms with Crippen LogP contribution in [-0.2, 0) is 11.8 Å². The molecule has 1 aromatic rings. The van der Waals surface area contributed by atoms with E-state index in [1.165, 1.54) is 12.1 Å². The highest BCUT2D eigenvalue weighted by atomic mass is 19.3. The van der Waals surface area contributed by atoms with E-state index in [9.17, 15) is 17.6 Å². The topological polar surface area (TPSA) is 0 Å². The summed E-state index contributed by atoms with van der Waals surface area (Å²) >= 11 is 0. The van der Waals surface area contributed by atoms with Crippen molar-refractivity contribution in [3.05, 3.63) is 34.9 Å². The summed E-state index contributed by atoms with van der Waals surface area (Å²) < 4.78 is 55.1. The molecule has 0 saturated heterocycles. The normalized spacial score (nSPS) is 17.1. The van der Waals surface area contributed by atoms with E-state index in [4.69, 9.17) is 0 Å². The van der Waals surface area contributed by atoms with E-state index in [-0.39, 0.29) is 17.0 Å². The molecule has 0 aromatic heterocycles. The summed E-state index contributed by atoms with van der Waals surface area (Å²) in [5, 5.41) is 0. The van der Waals surface area contributed by atoms with E-state index < -0.39 is 17.8 Å². The minimum absolute atomic E-state index is 0.0592. The predicted molar refractivity (Wildman–Crippen MR) is 66.7 cm³/mol. The Hall–Kier alpha value is -1.06. The minimum atomic E-state index is -3.10. The van der Waals surface area contributed by atoms with Crippen LogP contribution >= 0.6 is 0 Å². The highest BCUT2D eigenvalue weighted by Gasteiger charge is 2.48. The Bertz CT molecular complexity index is 468. The lowest BCUT2D eigenvalue weighted by atomic mass is 9.92. The van der Waals surface area contributed by atoms with Crippen LogP contribution in [0.3, 0.4) is 0 Å². The van der Waals surface area contributed by atoms with Gasteiger partial charge in [-0.1, -0.05) is 13.8 Å². The summed E-state index contributed by atoms with van der Waals surface area (Å²) in [7, 11) is 0. The molecule has 0 amide bonds. The number of benzene rings is 1. The van der Waals surface area contributed by atoms with Gasteiger partial charge in [0, 0.05) is 24.0 Å². The highest BCUT2D eigenvalue weighted by Crippen LogP contribution is 2.50. The molecule has 19 heavy (non-hydrogen) atoms. The van der Waals surface area contributed by atoms with Gasteiger partial charge >= 0.3 is 0 Å². The van der Waals surface area contributed by atoms with Crippen LogP contribution in [0.15, 0.2) is 18.2 Å². The first kappa shape index (κ1) is 14.4. The fraction of sp³-hybridized carbons (Fsp3) is 0.600. The zero-order valence-corrected chi connectivity index (χ0v) is 11.3. The van der Waals surface area contributed by atoms with Crippen LogP contribution in [0.2, 0.25) is 0 Å². The van der Waals surface area contributed by atoms with E-state index in [1.807, 2.05) is 13.8 Å². The lowest BCUT2D eigenvalue weighted by Crippen LogP contribution is -2.19. The third-order valence-corrected chi connectivity index (χ3v) is 3.60. The lowest BCUT2D eigenvalue weighted by molar-refractivity contribution is -0.0296. The van der Waals surface area contributed by atoms with Crippen LogP contribution in [-0.4, -0.2) is 0 Å². The van der Waals surface area contributed by atoms with Gasteiger partial charge in [0.25, 0.3) is 11.8 Å². The molecule has 0 heterocycles. The van der Waals surface area contributed by atoms with E-state index >= 15 is 0 Å². The number of hydrogen-bond donors (Lipinski definition) is 0. The van der Waals surface area contributed by atoms with Crippen molar-refractivity contribution in [1.29, 1.82) is 0 Å². The second-order valence-corrected chi connectivity index (χ2v) is 5.78. The van der Waals surface area contributed by atoms with E-state index in [1.54, 1.807) is 0 Å². The molecule has 1 aromatic carbocycles. The molecule has 1 aliphatic rings. The third kappa shape index (κ3) is 2.93.